The van der Waals surface area contributed by atoms with Gasteiger partial charge in [-0.15, -0.1) is 11.3 Å². The minimum atomic E-state index is -0.536. The summed E-state index contributed by atoms with van der Waals surface area (Å²) in [5.41, 5.74) is 1.98. The molecular formula is C13H14O2S. The first-order chi connectivity index (χ1) is 7.72. The number of ether oxygens (including phenoxy) is 1. The van der Waals surface area contributed by atoms with Gasteiger partial charge in [-0.05, 0) is 41.6 Å². The standard InChI is InChI=1S/C13H14O2S/c1-9-8-10(15-2)5-6-11(9)13(14)12-4-3-7-16-12/h3-8,13-14H,1-2H3. The monoisotopic (exact) mass is 234 g/mol. The van der Waals surface area contributed by atoms with E-state index in [4.69, 9.17) is 4.74 Å². The van der Waals surface area contributed by atoms with E-state index in [0.717, 1.165) is 21.8 Å². The van der Waals surface area contributed by atoms with E-state index in [1.807, 2.05) is 42.6 Å². The Morgan fingerprint density at radius 2 is 2.12 bits per heavy atom. The Balaban J connectivity index is 2.34. The highest BCUT2D eigenvalue weighted by Crippen LogP contribution is 2.29. The zero-order valence-corrected chi connectivity index (χ0v) is 10.1. The second-order valence-corrected chi connectivity index (χ2v) is 4.62. The van der Waals surface area contributed by atoms with E-state index < -0.39 is 6.10 Å². The van der Waals surface area contributed by atoms with Gasteiger partial charge in [-0.3, -0.25) is 0 Å². The highest BCUT2D eigenvalue weighted by molar-refractivity contribution is 7.10. The highest BCUT2D eigenvalue weighted by atomic mass is 32.1. The molecule has 0 fully saturated rings. The summed E-state index contributed by atoms with van der Waals surface area (Å²) in [4.78, 5) is 0.966. The van der Waals surface area contributed by atoms with Gasteiger partial charge in [0.1, 0.15) is 11.9 Å². The van der Waals surface area contributed by atoms with Crippen molar-refractivity contribution in [2.24, 2.45) is 0 Å². The molecule has 1 unspecified atom stereocenters. The predicted molar refractivity (Wildman–Crippen MR) is 66.1 cm³/mol. The fraction of sp³-hybridized carbons (Fsp3) is 0.231. The molecule has 0 radical (unpaired) electrons. The number of hydrogen-bond donors (Lipinski definition) is 1. The number of benzene rings is 1. The van der Waals surface area contributed by atoms with E-state index in [2.05, 4.69) is 0 Å². The predicted octanol–water partition coefficient (Wildman–Crippen LogP) is 3.15. The van der Waals surface area contributed by atoms with Crippen molar-refractivity contribution in [3.05, 3.63) is 51.7 Å². The Morgan fingerprint density at radius 3 is 2.69 bits per heavy atom. The van der Waals surface area contributed by atoms with Crippen molar-refractivity contribution in [2.45, 2.75) is 13.0 Å². The van der Waals surface area contributed by atoms with Gasteiger partial charge in [0.05, 0.1) is 7.11 Å². The van der Waals surface area contributed by atoms with Crippen molar-refractivity contribution < 1.29 is 9.84 Å². The van der Waals surface area contributed by atoms with Crippen LogP contribution in [-0.2, 0) is 0 Å². The van der Waals surface area contributed by atoms with Crippen LogP contribution in [0.25, 0.3) is 0 Å². The molecule has 0 spiro atoms. The van der Waals surface area contributed by atoms with Crippen molar-refractivity contribution in [1.29, 1.82) is 0 Å². The molecule has 0 aliphatic rings. The third-order valence-electron chi connectivity index (χ3n) is 2.58. The van der Waals surface area contributed by atoms with Gasteiger partial charge >= 0.3 is 0 Å². The van der Waals surface area contributed by atoms with Crippen molar-refractivity contribution in [3.63, 3.8) is 0 Å². The Morgan fingerprint density at radius 1 is 1.31 bits per heavy atom. The second-order valence-electron chi connectivity index (χ2n) is 3.64. The first-order valence-corrected chi connectivity index (χ1v) is 5.96. The van der Waals surface area contributed by atoms with Crippen LogP contribution < -0.4 is 4.74 Å². The van der Waals surface area contributed by atoms with E-state index in [-0.39, 0.29) is 0 Å². The van der Waals surface area contributed by atoms with E-state index in [1.54, 1.807) is 18.4 Å². The molecule has 2 aromatic rings. The normalized spacial score (nSPS) is 12.4. The topological polar surface area (TPSA) is 29.5 Å². The Kier molecular flexibility index (Phi) is 3.27. The molecule has 1 aromatic carbocycles. The number of aliphatic hydroxyl groups is 1. The highest BCUT2D eigenvalue weighted by Gasteiger charge is 2.13. The zero-order chi connectivity index (χ0) is 11.5. The summed E-state index contributed by atoms with van der Waals surface area (Å²) in [5, 5.41) is 12.2. The minimum absolute atomic E-state index is 0.536. The molecule has 1 heterocycles. The van der Waals surface area contributed by atoms with Crippen LogP contribution >= 0.6 is 11.3 Å². The van der Waals surface area contributed by atoms with Gasteiger partial charge in [-0.1, -0.05) is 12.1 Å². The number of aryl methyl sites for hydroxylation is 1. The molecule has 3 heteroatoms. The van der Waals surface area contributed by atoms with E-state index >= 15 is 0 Å². The number of thiophene rings is 1. The lowest BCUT2D eigenvalue weighted by Crippen LogP contribution is -2.00. The molecule has 1 N–H and O–H groups in total. The van der Waals surface area contributed by atoms with E-state index in [9.17, 15) is 5.11 Å². The van der Waals surface area contributed by atoms with Crippen molar-refractivity contribution in [1.82, 2.24) is 0 Å². The summed E-state index contributed by atoms with van der Waals surface area (Å²) < 4.78 is 5.14. The molecule has 0 saturated heterocycles. The fourth-order valence-electron chi connectivity index (χ4n) is 1.68. The average Bonchev–Trinajstić information content (AvgIpc) is 2.81. The van der Waals surface area contributed by atoms with E-state index in [0.29, 0.717) is 0 Å². The molecule has 2 nitrogen and oxygen atoms in total. The maximum Gasteiger partial charge on any atom is 0.119 e. The molecule has 0 aliphatic carbocycles. The largest absolute Gasteiger partial charge is 0.497 e. The van der Waals surface area contributed by atoms with Gasteiger partial charge in [0.25, 0.3) is 0 Å². The van der Waals surface area contributed by atoms with Crippen LogP contribution in [0, 0.1) is 6.92 Å². The summed E-state index contributed by atoms with van der Waals surface area (Å²) in [6.45, 7) is 1.98. The van der Waals surface area contributed by atoms with Gasteiger partial charge in [0, 0.05) is 4.88 Å². The first-order valence-electron chi connectivity index (χ1n) is 5.08. The molecule has 0 saturated carbocycles. The summed E-state index contributed by atoms with van der Waals surface area (Å²) in [5.74, 6) is 0.819. The van der Waals surface area contributed by atoms with Crippen LogP contribution in [0.1, 0.15) is 22.1 Å². The van der Waals surface area contributed by atoms with Crippen LogP contribution in [-0.4, -0.2) is 12.2 Å². The first kappa shape index (κ1) is 11.2. The minimum Gasteiger partial charge on any atom is -0.497 e. The van der Waals surface area contributed by atoms with Gasteiger partial charge in [0.2, 0.25) is 0 Å². The van der Waals surface area contributed by atoms with Crippen LogP contribution in [0.4, 0.5) is 0 Å². The smallest absolute Gasteiger partial charge is 0.119 e. The van der Waals surface area contributed by atoms with Crippen molar-refractivity contribution >= 4 is 11.3 Å². The average molecular weight is 234 g/mol. The molecule has 1 aromatic heterocycles. The Hall–Kier alpha value is -1.32. The third-order valence-corrected chi connectivity index (χ3v) is 3.51. The van der Waals surface area contributed by atoms with Crippen molar-refractivity contribution in [2.75, 3.05) is 7.11 Å². The van der Waals surface area contributed by atoms with Gasteiger partial charge in [-0.2, -0.15) is 0 Å². The zero-order valence-electron chi connectivity index (χ0n) is 9.31. The lowest BCUT2D eigenvalue weighted by atomic mass is 10.0. The molecule has 0 amide bonds. The molecular weight excluding hydrogens is 220 g/mol. The van der Waals surface area contributed by atoms with Crippen molar-refractivity contribution in [3.8, 4) is 5.75 Å². The Bertz CT molecular complexity index is 463. The van der Waals surface area contributed by atoms with Gasteiger partial charge in [-0.25, -0.2) is 0 Å². The van der Waals surface area contributed by atoms with Crippen LogP contribution in [0.5, 0.6) is 5.75 Å². The van der Waals surface area contributed by atoms with Crippen LogP contribution in [0.3, 0.4) is 0 Å². The number of hydrogen-bond acceptors (Lipinski definition) is 3. The summed E-state index contributed by atoms with van der Waals surface area (Å²) in [6.07, 6.45) is -0.536. The molecule has 0 bridgehead atoms. The quantitative estimate of drug-likeness (QED) is 0.884. The van der Waals surface area contributed by atoms with Crippen LogP contribution in [0.15, 0.2) is 35.7 Å². The number of aliphatic hydroxyl groups excluding tert-OH is 1. The molecule has 2 rings (SSSR count). The fourth-order valence-corrected chi connectivity index (χ4v) is 2.41. The lowest BCUT2D eigenvalue weighted by Gasteiger charge is -2.13. The SMILES string of the molecule is COc1ccc(C(O)c2cccs2)c(C)c1. The maximum absolute atomic E-state index is 10.2. The third kappa shape index (κ3) is 2.10. The second kappa shape index (κ2) is 4.68. The summed E-state index contributed by atoms with van der Waals surface area (Å²) >= 11 is 1.56. The van der Waals surface area contributed by atoms with Gasteiger partial charge in [0.15, 0.2) is 0 Å². The summed E-state index contributed by atoms with van der Waals surface area (Å²) in [7, 11) is 1.64. The van der Waals surface area contributed by atoms with Gasteiger partial charge < -0.3 is 9.84 Å². The Labute approximate surface area is 99.1 Å². The summed E-state index contributed by atoms with van der Waals surface area (Å²) in [6, 6.07) is 9.62. The number of methoxy groups -OCH3 is 1. The lowest BCUT2D eigenvalue weighted by molar-refractivity contribution is 0.223. The molecule has 16 heavy (non-hydrogen) atoms. The molecule has 1 atom stereocenters. The van der Waals surface area contributed by atoms with E-state index in [1.165, 1.54) is 0 Å². The molecule has 0 aliphatic heterocycles. The maximum atomic E-state index is 10.2. The van der Waals surface area contributed by atoms with Crippen LogP contribution in [0.2, 0.25) is 0 Å². The number of rotatable bonds is 3. The molecule has 84 valence electrons.